The highest BCUT2D eigenvalue weighted by Crippen LogP contribution is 2.30. The van der Waals surface area contributed by atoms with Gasteiger partial charge in [0.2, 0.25) is 6.41 Å². The number of nitrogens with zero attached hydrogens (tertiary/aromatic N) is 2. The number of aromatic nitrogens is 2. The molecule has 1 saturated heterocycles. The van der Waals surface area contributed by atoms with Crippen LogP contribution in [0.1, 0.15) is 30.1 Å². The van der Waals surface area contributed by atoms with Gasteiger partial charge in [-0.05, 0) is 43.6 Å². The number of piperidine rings is 1. The Morgan fingerprint density at radius 3 is 2.68 bits per heavy atom. The fourth-order valence-corrected chi connectivity index (χ4v) is 3.63. The van der Waals surface area contributed by atoms with Crippen molar-refractivity contribution in [3.8, 4) is 0 Å². The quantitative estimate of drug-likeness (QED) is 0.702. The van der Waals surface area contributed by atoms with E-state index in [-0.39, 0.29) is 0 Å². The maximum absolute atomic E-state index is 10.8. The molecule has 5 heteroatoms. The maximum atomic E-state index is 10.8. The van der Waals surface area contributed by atoms with E-state index < -0.39 is 0 Å². The van der Waals surface area contributed by atoms with Gasteiger partial charge in [0.25, 0.3) is 0 Å². The normalized spacial score (nSPS) is 16.2. The van der Waals surface area contributed by atoms with Crippen LogP contribution >= 0.6 is 0 Å². The van der Waals surface area contributed by atoms with Crippen LogP contribution < -0.4 is 5.32 Å². The fourth-order valence-electron chi connectivity index (χ4n) is 3.63. The lowest BCUT2D eigenvalue weighted by Crippen LogP contribution is -2.32. The average Bonchev–Trinajstić information content (AvgIpc) is 3.09. The van der Waals surface area contributed by atoms with Crippen molar-refractivity contribution in [2.24, 2.45) is 0 Å². The van der Waals surface area contributed by atoms with E-state index in [9.17, 15) is 4.79 Å². The van der Waals surface area contributed by atoms with Gasteiger partial charge in [0, 0.05) is 12.5 Å². The first kappa shape index (κ1) is 15.8. The number of imidazole rings is 1. The number of hydrogen-bond acceptors (Lipinski definition) is 3. The molecule has 4 rings (SSSR count). The van der Waals surface area contributed by atoms with Crippen LogP contribution in [0.2, 0.25) is 0 Å². The Hall–Kier alpha value is -2.66. The molecule has 0 spiro atoms. The van der Waals surface area contributed by atoms with Gasteiger partial charge >= 0.3 is 0 Å². The van der Waals surface area contributed by atoms with Crippen LogP contribution in [0, 0.1) is 0 Å². The van der Waals surface area contributed by atoms with Crippen molar-refractivity contribution in [1.29, 1.82) is 0 Å². The predicted molar refractivity (Wildman–Crippen MR) is 99.5 cm³/mol. The number of carbonyl (C=O) groups is 1. The third-order valence-electron chi connectivity index (χ3n) is 4.97. The van der Waals surface area contributed by atoms with Crippen molar-refractivity contribution in [3.63, 3.8) is 0 Å². The van der Waals surface area contributed by atoms with E-state index >= 15 is 0 Å². The zero-order valence-electron chi connectivity index (χ0n) is 14.1. The molecular formula is C20H22N4O. The van der Waals surface area contributed by atoms with Crippen molar-refractivity contribution in [3.05, 3.63) is 59.9 Å². The van der Waals surface area contributed by atoms with E-state index in [2.05, 4.69) is 45.5 Å². The molecule has 0 saturated carbocycles. The molecule has 0 bridgehead atoms. The third-order valence-corrected chi connectivity index (χ3v) is 4.97. The topological polar surface area (TPSA) is 61.0 Å². The Morgan fingerprint density at radius 2 is 1.92 bits per heavy atom. The number of benzene rings is 2. The summed E-state index contributed by atoms with van der Waals surface area (Å²) in [6.45, 7) is 3.17. The van der Waals surface area contributed by atoms with E-state index in [1.807, 2.05) is 18.2 Å². The zero-order chi connectivity index (χ0) is 17.1. The summed E-state index contributed by atoms with van der Waals surface area (Å²) in [7, 11) is 0. The first-order valence-electron chi connectivity index (χ1n) is 8.78. The molecule has 3 aromatic rings. The summed E-state index contributed by atoms with van der Waals surface area (Å²) in [6.07, 6.45) is 2.90. The first-order chi connectivity index (χ1) is 12.3. The average molecular weight is 334 g/mol. The summed E-state index contributed by atoms with van der Waals surface area (Å²) in [4.78, 5) is 21.5. The van der Waals surface area contributed by atoms with E-state index in [1.165, 1.54) is 5.56 Å². The third kappa shape index (κ3) is 3.42. The second-order valence-electron chi connectivity index (χ2n) is 6.62. The standard InChI is InChI=1S/C20H22N4O/c25-14-21-17-7-4-8-18-19(17)23-20(22-18)16-9-11-24(12-10-16)13-15-5-2-1-3-6-15/h1-8,14,16H,9-13H2,(H,21,25)(H,22,23). The summed E-state index contributed by atoms with van der Waals surface area (Å²) in [5.41, 5.74) is 3.95. The van der Waals surface area contributed by atoms with Gasteiger partial charge in [0.05, 0.1) is 11.2 Å². The minimum atomic E-state index is 0.448. The number of carbonyl (C=O) groups excluding carboxylic acids is 1. The number of para-hydroxylation sites is 1. The molecule has 0 aliphatic carbocycles. The van der Waals surface area contributed by atoms with Crippen LogP contribution in [0.3, 0.4) is 0 Å². The molecular weight excluding hydrogens is 312 g/mol. The molecule has 25 heavy (non-hydrogen) atoms. The van der Waals surface area contributed by atoms with Crippen molar-refractivity contribution >= 4 is 23.1 Å². The number of H-pyrrole nitrogens is 1. The van der Waals surface area contributed by atoms with E-state index in [0.29, 0.717) is 12.3 Å². The number of rotatable bonds is 5. The second kappa shape index (κ2) is 7.07. The van der Waals surface area contributed by atoms with Crippen LogP contribution in [0.15, 0.2) is 48.5 Å². The highest BCUT2D eigenvalue weighted by molar-refractivity contribution is 5.92. The van der Waals surface area contributed by atoms with Crippen molar-refractivity contribution in [2.45, 2.75) is 25.3 Å². The number of anilines is 1. The number of nitrogens with one attached hydrogen (secondary N) is 2. The molecule has 2 heterocycles. The summed E-state index contributed by atoms with van der Waals surface area (Å²) in [6, 6.07) is 16.4. The van der Waals surface area contributed by atoms with Gasteiger partial charge in [0.1, 0.15) is 11.3 Å². The molecule has 1 amide bonds. The van der Waals surface area contributed by atoms with Crippen molar-refractivity contribution < 1.29 is 4.79 Å². The lowest BCUT2D eigenvalue weighted by atomic mass is 9.96. The highest BCUT2D eigenvalue weighted by atomic mass is 16.1. The highest BCUT2D eigenvalue weighted by Gasteiger charge is 2.23. The second-order valence-corrected chi connectivity index (χ2v) is 6.62. The lowest BCUT2D eigenvalue weighted by Gasteiger charge is -2.31. The lowest BCUT2D eigenvalue weighted by molar-refractivity contribution is -0.105. The zero-order valence-corrected chi connectivity index (χ0v) is 14.1. The molecule has 2 N–H and O–H groups in total. The van der Waals surface area contributed by atoms with Gasteiger partial charge in [0.15, 0.2) is 0 Å². The first-order valence-corrected chi connectivity index (χ1v) is 8.78. The maximum Gasteiger partial charge on any atom is 0.211 e. The van der Waals surface area contributed by atoms with Gasteiger partial charge in [-0.15, -0.1) is 0 Å². The molecule has 5 nitrogen and oxygen atoms in total. The van der Waals surface area contributed by atoms with E-state index in [0.717, 1.165) is 55.0 Å². The molecule has 1 aliphatic heterocycles. The Labute approximate surface area is 147 Å². The largest absolute Gasteiger partial charge is 0.342 e. The molecule has 128 valence electrons. The minimum Gasteiger partial charge on any atom is -0.342 e. The number of aromatic amines is 1. The summed E-state index contributed by atoms with van der Waals surface area (Å²) < 4.78 is 0. The SMILES string of the molecule is O=CNc1cccc2[nH]c(C3CCN(Cc4ccccc4)CC3)nc12. The Morgan fingerprint density at radius 1 is 1.12 bits per heavy atom. The number of fused-ring (bicyclic) bond motifs is 1. The summed E-state index contributed by atoms with van der Waals surface area (Å²) in [5, 5.41) is 2.73. The smallest absolute Gasteiger partial charge is 0.211 e. The molecule has 1 fully saturated rings. The molecule has 1 aliphatic rings. The number of likely N-dealkylation sites (tertiary alicyclic amines) is 1. The van der Waals surface area contributed by atoms with Crippen molar-refractivity contribution in [1.82, 2.24) is 14.9 Å². The summed E-state index contributed by atoms with van der Waals surface area (Å²) >= 11 is 0. The molecule has 0 radical (unpaired) electrons. The predicted octanol–water partition coefficient (Wildman–Crippen LogP) is 3.51. The number of hydrogen-bond donors (Lipinski definition) is 2. The molecule has 0 atom stereocenters. The van der Waals surface area contributed by atoms with Crippen LogP contribution in [0.5, 0.6) is 0 Å². The Kier molecular flexibility index (Phi) is 4.48. The van der Waals surface area contributed by atoms with Gasteiger partial charge < -0.3 is 10.3 Å². The van der Waals surface area contributed by atoms with Crippen LogP contribution in [0.25, 0.3) is 11.0 Å². The molecule has 0 unspecified atom stereocenters. The van der Waals surface area contributed by atoms with Crippen molar-refractivity contribution in [2.75, 3.05) is 18.4 Å². The number of amides is 1. The Bertz CT molecular complexity index is 851. The van der Waals surface area contributed by atoms with Crippen LogP contribution in [-0.4, -0.2) is 34.4 Å². The van der Waals surface area contributed by atoms with E-state index in [1.54, 1.807) is 0 Å². The molecule has 1 aromatic heterocycles. The molecule has 2 aromatic carbocycles. The van der Waals surface area contributed by atoms with Gasteiger partial charge in [-0.1, -0.05) is 36.4 Å². The van der Waals surface area contributed by atoms with Gasteiger partial charge in [-0.2, -0.15) is 0 Å². The minimum absolute atomic E-state index is 0.448. The van der Waals surface area contributed by atoms with E-state index in [4.69, 9.17) is 4.98 Å². The van der Waals surface area contributed by atoms with Gasteiger partial charge in [-0.3, -0.25) is 9.69 Å². The fraction of sp³-hybridized carbons (Fsp3) is 0.300. The summed E-state index contributed by atoms with van der Waals surface area (Å²) in [5.74, 6) is 1.48. The van der Waals surface area contributed by atoms with Crippen LogP contribution in [0.4, 0.5) is 5.69 Å². The monoisotopic (exact) mass is 334 g/mol. The Balaban J connectivity index is 1.44. The van der Waals surface area contributed by atoms with Crippen LogP contribution in [-0.2, 0) is 11.3 Å². The van der Waals surface area contributed by atoms with Gasteiger partial charge in [-0.25, -0.2) is 4.98 Å².